The highest BCUT2D eigenvalue weighted by Crippen LogP contribution is 2.24. The van der Waals surface area contributed by atoms with Crippen molar-refractivity contribution in [1.29, 1.82) is 0 Å². The third-order valence-electron chi connectivity index (χ3n) is 3.46. The zero-order chi connectivity index (χ0) is 15.7. The summed E-state index contributed by atoms with van der Waals surface area (Å²) in [5.41, 5.74) is 2.41. The summed E-state index contributed by atoms with van der Waals surface area (Å²) in [5, 5.41) is 0. The monoisotopic (exact) mass is 308 g/mol. The average molecular weight is 308 g/mol. The Labute approximate surface area is 130 Å². The van der Waals surface area contributed by atoms with Crippen LogP contribution < -0.4 is 0 Å². The standard InChI is InChI=1S/C17H28O3Si/c1-6-16-12-10-11-13-17(16)15(5)14-20-21(9-4,18-7-2)19-8-3/h6,10-13,15H,1,7-9,14H2,2-5H3. The molecule has 0 aliphatic carbocycles. The lowest BCUT2D eigenvalue weighted by molar-refractivity contribution is 0.0644. The fraction of sp³-hybridized carbons (Fsp3) is 0.529. The second-order valence-corrected chi connectivity index (χ2v) is 7.89. The van der Waals surface area contributed by atoms with Crippen LogP contribution in [0.3, 0.4) is 0 Å². The lowest BCUT2D eigenvalue weighted by Crippen LogP contribution is -2.46. The molecule has 1 aromatic rings. The summed E-state index contributed by atoms with van der Waals surface area (Å²) in [7, 11) is -2.52. The van der Waals surface area contributed by atoms with Crippen molar-refractivity contribution in [3.63, 3.8) is 0 Å². The highest BCUT2D eigenvalue weighted by Gasteiger charge is 2.38. The molecule has 0 aliphatic heterocycles. The van der Waals surface area contributed by atoms with E-state index in [0.717, 1.165) is 11.6 Å². The molecule has 21 heavy (non-hydrogen) atoms. The Hall–Kier alpha value is -0.943. The van der Waals surface area contributed by atoms with Crippen LogP contribution in [0.25, 0.3) is 6.08 Å². The molecule has 0 saturated carbocycles. The van der Waals surface area contributed by atoms with E-state index in [9.17, 15) is 0 Å². The number of hydrogen-bond donors (Lipinski definition) is 0. The Bertz CT molecular complexity index is 428. The van der Waals surface area contributed by atoms with Crippen LogP contribution >= 0.6 is 0 Å². The topological polar surface area (TPSA) is 27.7 Å². The Morgan fingerprint density at radius 1 is 1.10 bits per heavy atom. The van der Waals surface area contributed by atoms with Crippen LogP contribution in [-0.4, -0.2) is 28.6 Å². The first-order valence-electron chi connectivity index (χ1n) is 7.75. The molecular weight excluding hydrogens is 280 g/mol. The van der Waals surface area contributed by atoms with Crippen molar-refractivity contribution in [2.75, 3.05) is 19.8 Å². The Morgan fingerprint density at radius 2 is 1.71 bits per heavy atom. The fourth-order valence-corrected chi connectivity index (χ4v) is 4.60. The van der Waals surface area contributed by atoms with Gasteiger partial charge in [-0.15, -0.1) is 0 Å². The van der Waals surface area contributed by atoms with Gasteiger partial charge in [0.1, 0.15) is 0 Å². The molecule has 1 atom stereocenters. The molecule has 0 N–H and O–H groups in total. The minimum absolute atomic E-state index is 0.276. The van der Waals surface area contributed by atoms with Crippen LogP contribution in [0.5, 0.6) is 0 Å². The summed E-state index contributed by atoms with van der Waals surface area (Å²) in [4.78, 5) is 0. The molecule has 0 heterocycles. The maximum Gasteiger partial charge on any atom is 0.500 e. The minimum atomic E-state index is -2.52. The average Bonchev–Trinajstić information content (AvgIpc) is 2.52. The SMILES string of the molecule is C=Cc1ccccc1C(C)CO[Si](CC)(OCC)OCC. The van der Waals surface area contributed by atoms with E-state index in [1.54, 1.807) is 0 Å². The van der Waals surface area contributed by atoms with Gasteiger partial charge in [0, 0.05) is 31.8 Å². The zero-order valence-corrected chi connectivity index (χ0v) is 14.7. The quantitative estimate of drug-likeness (QED) is 0.596. The molecule has 0 radical (unpaired) electrons. The van der Waals surface area contributed by atoms with E-state index in [-0.39, 0.29) is 5.92 Å². The first-order valence-corrected chi connectivity index (χ1v) is 9.68. The van der Waals surface area contributed by atoms with Crippen LogP contribution in [0.4, 0.5) is 0 Å². The van der Waals surface area contributed by atoms with Gasteiger partial charge in [0.25, 0.3) is 0 Å². The number of rotatable bonds is 10. The molecule has 1 unspecified atom stereocenters. The van der Waals surface area contributed by atoms with Crippen molar-refractivity contribution in [3.05, 3.63) is 42.0 Å². The van der Waals surface area contributed by atoms with Crippen LogP contribution in [0.15, 0.2) is 30.8 Å². The predicted molar refractivity (Wildman–Crippen MR) is 90.4 cm³/mol. The van der Waals surface area contributed by atoms with Gasteiger partial charge in [-0.2, -0.15) is 0 Å². The first kappa shape index (κ1) is 18.1. The molecule has 3 nitrogen and oxygen atoms in total. The van der Waals surface area contributed by atoms with Gasteiger partial charge in [-0.1, -0.05) is 50.8 Å². The predicted octanol–water partition coefficient (Wildman–Crippen LogP) is 4.48. The summed E-state index contributed by atoms with van der Waals surface area (Å²) < 4.78 is 17.8. The third-order valence-corrected chi connectivity index (χ3v) is 6.39. The molecule has 0 aromatic heterocycles. The summed E-state index contributed by atoms with van der Waals surface area (Å²) in [5.74, 6) is 0.276. The van der Waals surface area contributed by atoms with Crippen molar-refractivity contribution >= 4 is 14.9 Å². The van der Waals surface area contributed by atoms with Gasteiger partial charge in [0.05, 0.1) is 0 Å². The smallest absolute Gasteiger partial charge is 0.374 e. The summed E-state index contributed by atoms with van der Waals surface area (Å²) in [6.07, 6.45) is 1.89. The third kappa shape index (κ3) is 5.07. The Balaban J connectivity index is 2.76. The van der Waals surface area contributed by atoms with Crippen molar-refractivity contribution in [2.45, 2.75) is 39.7 Å². The van der Waals surface area contributed by atoms with E-state index < -0.39 is 8.80 Å². The van der Waals surface area contributed by atoms with E-state index >= 15 is 0 Å². The fourth-order valence-electron chi connectivity index (χ4n) is 2.36. The van der Waals surface area contributed by atoms with Gasteiger partial charge in [-0.3, -0.25) is 0 Å². The van der Waals surface area contributed by atoms with Crippen LogP contribution in [0.2, 0.25) is 6.04 Å². The molecule has 0 aliphatic rings. The lowest BCUT2D eigenvalue weighted by Gasteiger charge is -2.29. The molecule has 0 amide bonds. The van der Waals surface area contributed by atoms with E-state index in [2.05, 4.69) is 38.6 Å². The Morgan fingerprint density at radius 3 is 2.24 bits per heavy atom. The Kier molecular flexibility index (Phi) is 7.89. The molecule has 1 aromatic carbocycles. The molecule has 0 bridgehead atoms. The summed E-state index contributed by atoms with van der Waals surface area (Å²) >= 11 is 0. The zero-order valence-electron chi connectivity index (χ0n) is 13.7. The molecule has 0 fully saturated rings. The molecule has 0 saturated heterocycles. The minimum Gasteiger partial charge on any atom is -0.374 e. The maximum atomic E-state index is 6.14. The summed E-state index contributed by atoms with van der Waals surface area (Å²) in [6.45, 7) is 13.9. The second kappa shape index (κ2) is 9.15. The molecule has 118 valence electrons. The van der Waals surface area contributed by atoms with Crippen LogP contribution in [0.1, 0.15) is 44.7 Å². The van der Waals surface area contributed by atoms with Crippen molar-refractivity contribution in [2.24, 2.45) is 0 Å². The van der Waals surface area contributed by atoms with Gasteiger partial charge in [0.15, 0.2) is 0 Å². The van der Waals surface area contributed by atoms with Crippen molar-refractivity contribution in [1.82, 2.24) is 0 Å². The van der Waals surface area contributed by atoms with Gasteiger partial charge < -0.3 is 13.3 Å². The van der Waals surface area contributed by atoms with E-state index in [4.69, 9.17) is 13.3 Å². The van der Waals surface area contributed by atoms with E-state index in [1.165, 1.54) is 5.56 Å². The van der Waals surface area contributed by atoms with E-state index in [1.807, 2.05) is 26.0 Å². The highest BCUT2D eigenvalue weighted by atomic mass is 28.4. The maximum absolute atomic E-state index is 6.14. The molecule has 1 rings (SSSR count). The van der Waals surface area contributed by atoms with Crippen LogP contribution in [-0.2, 0) is 13.3 Å². The van der Waals surface area contributed by atoms with Gasteiger partial charge in [0.2, 0.25) is 0 Å². The number of hydrogen-bond acceptors (Lipinski definition) is 3. The molecular formula is C17H28O3Si. The normalized spacial score (nSPS) is 13.1. The second-order valence-electron chi connectivity index (χ2n) is 4.95. The van der Waals surface area contributed by atoms with Crippen LogP contribution in [0, 0.1) is 0 Å². The lowest BCUT2D eigenvalue weighted by atomic mass is 9.96. The molecule has 0 spiro atoms. The summed E-state index contributed by atoms with van der Waals surface area (Å²) in [6, 6.07) is 9.08. The van der Waals surface area contributed by atoms with Gasteiger partial charge >= 0.3 is 8.80 Å². The van der Waals surface area contributed by atoms with E-state index in [0.29, 0.717) is 19.8 Å². The van der Waals surface area contributed by atoms with Crippen molar-refractivity contribution < 1.29 is 13.3 Å². The highest BCUT2D eigenvalue weighted by molar-refractivity contribution is 6.60. The first-order chi connectivity index (χ1) is 10.1. The molecule has 4 heteroatoms. The van der Waals surface area contributed by atoms with Gasteiger partial charge in [-0.05, 0) is 25.0 Å². The van der Waals surface area contributed by atoms with Crippen molar-refractivity contribution in [3.8, 4) is 0 Å². The van der Waals surface area contributed by atoms with Gasteiger partial charge in [-0.25, -0.2) is 0 Å². The number of benzene rings is 1. The largest absolute Gasteiger partial charge is 0.500 e.